The summed E-state index contributed by atoms with van der Waals surface area (Å²) in [4.78, 5) is 4.46. The van der Waals surface area contributed by atoms with Crippen molar-refractivity contribution in [2.45, 2.75) is 6.92 Å². The molecule has 0 saturated heterocycles. The fourth-order valence-corrected chi connectivity index (χ4v) is 1.92. The van der Waals surface area contributed by atoms with Gasteiger partial charge in [0.2, 0.25) is 0 Å². The number of fused-ring (bicyclic) bond motifs is 1. The number of ether oxygens (including phenoxy) is 1. The van der Waals surface area contributed by atoms with Gasteiger partial charge in [-0.1, -0.05) is 28.6 Å². The molecule has 0 spiro atoms. The lowest BCUT2D eigenvalue weighted by Gasteiger charge is -2.08. The van der Waals surface area contributed by atoms with E-state index in [0.29, 0.717) is 6.61 Å². The highest BCUT2D eigenvalue weighted by Gasteiger charge is 2.05. The Labute approximate surface area is 103 Å². The maximum atomic E-state index is 5.63. The third-order valence-electron chi connectivity index (χ3n) is 2.22. The molecular formula is C13H12BrNO. The average Bonchev–Trinajstić information content (AvgIpc) is 2.26. The van der Waals surface area contributed by atoms with Crippen molar-refractivity contribution < 1.29 is 4.74 Å². The summed E-state index contributed by atoms with van der Waals surface area (Å²) in [5.74, 6) is 0.851. The lowest BCUT2D eigenvalue weighted by Crippen LogP contribution is -1.96. The van der Waals surface area contributed by atoms with Gasteiger partial charge in [-0.3, -0.25) is 4.98 Å². The summed E-state index contributed by atoms with van der Waals surface area (Å²) in [5, 5.41) is 1.02. The van der Waals surface area contributed by atoms with Crippen LogP contribution < -0.4 is 4.74 Å². The first-order valence-corrected chi connectivity index (χ1v) is 5.80. The predicted molar refractivity (Wildman–Crippen MR) is 69.9 cm³/mol. The van der Waals surface area contributed by atoms with E-state index in [1.165, 1.54) is 0 Å². The molecule has 2 rings (SSSR count). The molecule has 3 heteroatoms. The van der Waals surface area contributed by atoms with E-state index in [4.69, 9.17) is 4.74 Å². The number of hydrogen-bond acceptors (Lipinski definition) is 2. The van der Waals surface area contributed by atoms with Gasteiger partial charge >= 0.3 is 0 Å². The zero-order valence-electron chi connectivity index (χ0n) is 9.03. The topological polar surface area (TPSA) is 22.1 Å². The summed E-state index contributed by atoms with van der Waals surface area (Å²) >= 11 is 3.45. The summed E-state index contributed by atoms with van der Waals surface area (Å²) in [6.07, 6.45) is 1.74. The smallest absolute Gasteiger partial charge is 0.131 e. The number of aromatic nitrogens is 1. The second kappa shape index (κ2) is 4.66. The molecule has 2 nitrogen and oxygen atoms in total. The van der Waals surface area contributed by atoms with E-state index in [0.717, 1.165) is 26.8 Å². The first-order valence-electron chi connectivity index (χ1n) is 5.01. The minimum Gasteiger partial charge on any atom is -0.489 e. The summed E-state index contributed by atoms with van der Waals surface area (Å²) in [7, 11) is 0. The Morgan fingerprint density at radius 2 is 2.25 bits per heavy atom. The van der Waals surface area contributed by atoms with Gasteiger partial charge in [-0.25, -0.2) is 0 Å². The number of aryl methyl sites for hydroxylation is 1. The molecule has 0 bridgehead atoms. The van der Waals surface area contributed by atoms with E-state index in [-0.39, 0.29) is 0 Å². The number of benzene rings is 1. The van der Waals surface area contributed by atoms with Crippen LogP contribution in [0.25, 0.3) is 10.9 Å². The van der Waals surface area contributed by atoms with Crippen molar-refractivity contribution >= 4 is 26.8 Å². The van der Waals surface area contributed by atoms with Crippen molar-refractivity contribution in [1.29, 1.82) is 0 Å². The summed E-state index contributed by atoms with van der Waals surface area (Å²) in [6.45, 7) is 6.11. The van der Waals surface area contributed by atoms with Crippen LogP contribution in [-0.2, 0) is 0 Å². The fourth-order valence-electron chi connectivity index (χ4n) is 1.56. The number of hydrogen-bond donors (Lipinski definition) is 0. The molecule has 1 heterocycles. The molecule has 2 aromatic rings. The van der Waals surface area contributed by atoms with Crippen LogP contribution in [0.4, 0.5) is 0 Å². The highest BCUT2D eigenvalue weighted by Crippen LogP contribution is 2.28. The average molecular weight is 278 g/mol. The van der Waals surface area contributed by atoms with Crippen LogP contribution in [0.2, 0.25) is 0 Å². The van der Waals surface area contributed by atoms with Crippen LogP contribution in [0.15, 0.2) is 41.4 Å². The first kappa shape index (κ1) is 11.1. The summed E-state index contributed by atoms with van der Waals surface area (Å²) in [5.41, 5.74) is 1.90. The van der Waals surface area contributed by atoms with Gasteiger partial charge in [-0.05, 0) is 25.1 Å². The predicted octanol–water partition coefficient (Wildman–Crippen LogP) is 3.87. The molecule has 82 valence electrons. The molecule has 0 saturated carbocycles. The number of pyridine rings is 1. The van der Waals surface area contributed by atoms with Gasteiger partial charge in [0.25, 0.3) is 0 Å². The standard InChI is InChI=1S/C13H12BrNO/c1-3-6-16-13-7-9(2)15-12-5-4-10(14)8-11(12)13/h3-5,7-8H,1,6H2,2H3. The Morgan fingerprint density at radius 3 is 3.00 bits per heavy atom. The van der Waals surface area contributed by atoms with Crippen LogP contribution in [0, 0.1) is 6.92 Å². The summed E-state index contributed by atoms with van der Waals surface area (Å²) in [6, 6.07) is 7.91. The molecule has 1 aromatic carbocycles. The van der Waals surface area contributed by atoms with E-state index in [1.807, 2.05) is 31.2 Å². The molecule has 0 amide bonds. The molecule has 0 aliphatic carbocycles. The molecular weight excluding hydrogens is 266 g/mol. The molecule has 0 N–H and O–H groups in total. The monoisotopic (exact) mass is 277 g/mol. The van der Waals surface area contributed by atoms with Gasteiger partial charge in [0.15, 0.2) is 0 Å². The van der Waals surface area contributed by atoms with E-state index in [2.05, 4.69) is 27.5 Å². The van der Waals surface area contributed by atoms with Gasteiger partial charge in [0.05, 0.1) is 5.52 Å². The highest BCUT2D eigenvalue weighted by atomic mass is 79.9. The normalized spacial score (nSPS) is 10.4. The second-order valence-electron chi connectivity index (χ2n) is 3.52. The Bertz CT molecular complexity index is 537. The number of nitrogens with zero attached hydrogens (tertiary/aromatic N) is 1. The minimum atomic E-state index is 0.505. The molecule has 0 aliphatic heterocycles. The van der Waals surface area contributed by atoms with E-state index >= 15 is 0 Å². The van der Waals surface area contributed by atoms with Crippen molar-refractivity contribution in [2.75, 3.05) is 6.61 Å². The molecule has 0 aliphatic rings. The lowest BCUT2D eigenvalue weighted by molar-refractivity contribution is 0.367. The number of rotatable bonds is 3. The summed E-state index contributed by atoms with van der Waals surface area (Å²) < 4.78 is 6.65. The maximum Gasteiger partial charge on any atom is 0.131 e. The Kier molecular flexibility index (Phi) is 3.25. The van der Waals surface area contributed by atoms with Gasteiger partial charge in [0, 0.05) is 21.6 Å². The van der Waals surface area contributed by atoms with E-state index in [1.54, 1.807) is 6.08 Å². The van der Waals surface area contributed by atoms with Crippen LogP contribution in [0.3, 0.4) is 0 Å². The van der Waals surface area contributed by atoms with Crippen molar-refractivity contribution in [3.05, 3.63) is 47.1 Å². The molecule has 0 unspecified atom stereocenters. The lowest BCUT2D eigenvalue weighted by atomic mass is 10.2. The van der Waals surface area contributed by atoms with E-state index < -0.39 is 0 Å². The maximum absolute atomic E-state index is 5.63. The highest BCUT2D eigenvalue weighted by molar-refractivity contribution is 9.10. The van der Waals surface area contributed by atoms with Crippen molar-refractivity contribution in [1.82, 2.24) is 4.98 Å². The Balaban J connectivity index is 2.59. The minimum absolute atomic E-state index is 0.505. The van der Waals surface area contributed by atoms with Crippen molar-refractivity contribution in [3.63, 3.8) is 0 Å². The SMILES string of the molecule is C=CCOc1cc(C)nc2ccc(Br)cc12. The van der Waals surface area contributed by atoms with Crippen LogP contribution in [0.5, 0.6) is 5.75 Å². The van der Waals surface area contributed by atoms with Crippen LogP contribution in [-0.4, -0.2) is 11.6 Å². The Morgan fingerprint density at radius 1 is 1.44 bits per heavy atom. The molecule has 1 aromatic heterocycles. The zero-order valence-corrected chi connectivity index (χ0v) is 10.6. The first-order chi connectivity index (χ1) is 7.70. The zero-order chi connectivity index (χ0) is 11.5. The van der Waals surface area contributed by atoms with Gasteiger partial charge < -0.3 is 4.74 Å². The van der Waals surface area contributed by atoms with Gasteiger partial charge in [0.1, 0.15) is 12.4 Å². The van der Waals surface area contributed by atoms with Crippen molar-refractivity contribution in [3.8, 4) is 5.75 Å². The third kappa shape index (κ3) is 2.25. The number of halogens is 1. The largest absolute Gasteiger partial charge is 0.489 e. The van der Waals surface area contributed by atoms with Crippen LogP contribution >= 0.6 is 15.9 Å². The third-order valence-corrected chi connectivity index (χ3v) is 2.71. The van der Waals surface area contributed by atoms with Gasteiger partial charge in [-0.15, -0.1) is 0 Å². The molecule has 0 atom stereocenters. The second-order valence-corrected chi connectivity index (χ2v) is 4.44. The molecule has 0 fully saturated rings. The van der Waals surface area contributed by atoms with E-state index in [9.17, 15) is 0 Å². The molecule has 16 heavy (non-hydrogen) atoms. The Hall–Kier alpha value is -1.35. The van der Waals surface area contributed by atoms with Gasteiger partial charge in [-0.2, -0.15) is 0 Å². The van der Waals surface area contributed by atoms with Crippen LogP contribution in [0.1, 0.15) is 5.69 Å². The fraction of sp³-hybridized carbons (Fsp3) is 0.154. The van der Waals surface area contributed by atoms with Crippen molar-refractivity contribution in [2.24, 2.45) is 0 Å². The quantitative estimate of drug-likeness (QED) is 0.795. The molecule has 0 radical (unpaired) electrons.